The van der Waals surface area contributed by atoms with Crippen molar-refractivity contribution in [1.82, 2.24) is 9.80 Å². The molecule has 2 aromatic rings. The third-order valence-corrected chi connectivity index (χ3v) is 4.96. The maximum Gasteiger partial charge on any atom is 0.338 e. The van der Waals surface area contributed by atoms with Crippen molar-refractivity contribution >= 4 is 29.4 Å². The lowest BCUT2D eigenvalue weighted by Crippen LogP contribution is -2.30. The molecule has 0 fully saturated rings. The number of methoxy groups -OCH3 is 4. The van der Waals surface area contributed by atoms with Crippen LogP contribution in [0.15, 0.2) is 42.6 Å². The number of benzene rings is 2. The van der Waals surface area contributed by atoms with Gasteiger partial charge >= 0.3 is 11.9 Å². The van der Waals surface area contributed by atoms with Gasteiger partial charge in [-0.15, -0.1) is 0 Å². The fraction of sp³-hybridized carbons (Fsp3) is 0.407. The highest BCUT2D eigenvalue weighted by molar-refractivity contribution is 5.95. The number of carbonyl (C=O) groups excluding carboxylic acids is 2. The average Bonchev–Trinajstić information content (AvgIpc) is 2.91. The summed E-state index contributed by atoms with van der Waals surface area (Å²) >= 11 is 0. The number of ether oxygens (including phenoxy) is 4. The minimum Gasteiger partial charge on any atom is -0.465 e. The minimum atomic E-state index is -0.600. The van der Waals surface area contributed by atoms with Crippen molar-refractivity contribution < 1.29 is 38.4 Å². The van der Waals surface area contributed by atoms with Crippen molar-refractivity contribution in [3.63, 3.8) is 0 Å². The second kappa shape index (κ2) is 19.6. The van der Waals surface area contributed by atoms with Crippen LogP contribution in [0.4, 0.5) is 11.4 Å². The monoisotopic (exact) mass is 580 g/mol. The maximum absolute atomic E-state index is 11.6. The smallest absolute Gasteiger partial charge is 0.338 e. The molecule has 0 saturated carbocycles. The number of carbonyl (C=O) groups is 2. The zero-order valence-electron chi connectivity index (χ0n) is 24.1. The van der Waals surface area contributed by atoms with Crippen LogP contribution in [0.5, 0.6) is 0 Å². The SMILES string of the molecule is C.COC(=O)c1cccc([N+](=O)[O-])c1/C=C/N(C)C.COC(=O)c1cccc([N+](=O)[O-])c1C.COC(OC)N(C)C. The van der Waals surface area contributed by atoms with Crippen molar-refractivity contribution in [1.29, 1.82) is 0 Å². The predicted octanol–water partition coefficient (Wildman–Crippen LogP) is 4.36. The Morgan fingerprint density at radius 1 is 0.805 bits per heavy atom. The van der Waals surface area contributed by atoms with Gasteiger partial charge in [-0.1, -0.05) is 19.6 Å². The first kappa shape index (κ1) is 38.7. The highest BCUT2D eigenvalue weighted by Gasteiger charge is 2.20. The highest BCUT2D eigenvalue weighted by Crippen LogP contribution is 2.24. The Hall–Kier alpha value is -4.40. The molecule has 0 atom stereocenters. The summed E-state index contributed by atoms with van der Waals surface area (Å²) in [6.07, 6.45) is 2.94. The number of nitro benzene ring substituents is 2. The van der Waals surface area contributed by atoms with E-state index in [1.165, 1.54) is 63.6 Å². The Morgan fingerprint density at radius 3 is 1.61 bits per heavy atom. The summed E-state index contributed by atoms with van der Waals surface area (Å²) in [5, 5.41) is 21.5. The van der Waals surface area contributed by atoms with Gasteiger partial charge in [-0.3, -0.25) is 25.1 Å². The number of nitrogens with zero attached hydrogens (tertiary/aromatic N) is 4. The van der Waals surface area contributed by atoms with Crippen molar-refractivity contribution in [2.45, 2.75) is 20.8 Å². The molecule has 0 heterocycles. The van der Waals surface area contributed by atoms with Crippen LogP contribution in [0, 0.1) is 27.2 Å². The number of hydrogen-bond acceptors (Lipinski definition) is 12. The van der Waals surface area contributed by atoms with Crippen LogP contribution in [-0.4, -0.2) is 94.6 Å². The van der Waals surface area contributed by atoms with Crippen LogP contribution in [0.1, 0.15) is 39.3 Å². The number of hydrogen-bond donors (Lipinski definition) is 0. The fourth-order valence-electron chi connectivity index (χ4n) is 3.07. The van der Waals surface area contributed by atoms with Crippen molar-refractivity contribution in [3.8, 4) is 0 Å². The molecule has 2 rings (SSSR count). The third kappa shape index (κ3) is 12.5. The molecule has 0 amide bonds. The zero-order valence-corrected chi connectivity index (χ0v) is 24.1. The zero-order chi connectivity index (χ0) is 31.0. The molecule has 0 unspecified atom stereocenters. The summed E-state index contributed by atoms with van der Waals surface area (Å²) in [6, 6.07) is 8.60. The molecule has 0 saturated heterocycles. The van der Waals surface area contributed by atoms with Gasteiger partial charge in [-0.2, -0.15) is 0 Å². The van der Waals surface area contributed by atoms with Crippen LogP contribution >= 0.6 is 0 Å². The molecular formula is C27H40N4O10. The van der Waals surface area contributed by atoms with E-state index in [1.807, 2.05) is 19.0 Å². The lowest BCUT2D eigenvalue weighted by Gasteiger charge is -2.19. The molecule has 0 aliphatic rings. The number of nitro groups is 2. The topological polar surface area (TPSA) is 164 Å². The molecule has 14 heteroatoms. The Morgan fingerprint density at radius 2 is 1.24 bits per heavy atom. The largest absolute Gasteiger partial charge is 0.465 e. The van der Waals surface area contributed by atoms with Gasteiger partial charge in [0.2, 0.25) is 6.41 Å². The Bertz CT molecular complexity index is 1180. The normalized spacial score (nSPS) is 10.0. The number of rotatable bonds is 9. The van der Waals surface area contributed by atoms with Crippen LogP contribution in [0.25, 0.3) is 6.08 Å². The molecule has 0 spiro atoms. The predicted molar refractivity (Wildman–Crippen MR) is 155 cm³/mol. The summed E-state index contributed by atoms with van der Waals surface area (Å²) in [4.78, 5) is 46.7. The van der Waals surface area contributed by atoms with E-state index >= 15 is 0 Å². The van der Waals surface area contributed by atoms with Gasteiger partial charge in [0.25, 0.3) is 11.4 Å². The molecule has 41 heavy (non-hydrogen) atoms. The van der Waals surface area contributed by atoms with Gasteiger partial charge in [0, 0.05) is 46.0 Å². The van der Waals surface area contributed by atoms with Gasteiger partial charge in [0.15, 0.2) is 0 Å². The second-order valence-electron chi connectivity index (χ2n) is 8.21. The summed E-state index contributed by atoms with van der Waals surface area (Å²) in [5.74, 6) is -1.16. The summed E-state index contributed by atoms with van der Waals surface area (Å²) in [6.45, 7) is 1.52. The maximum atomic E-state index is 11.6. The number of esters is 2. The molecule has 0 aliphatic carbocycles. The Balaban J connectivity index is 0. The van der Waals surface area contributed by atoms with Crippen LogP contribution < -0.4 is 0 Å². The van der Waals surface area contributed by atoms with Crippen molar-refractivity contribution in [3.05, 3.63) is 85.1 Å². The first-order valence-corrected chi connectivity index (χ1v) is 11.5. The molecule has 0 N–H and O–H groups in total. The minimum absolute atomic E-state index is 0. The van der Waals surface area contributed by atoms with Crippen LogP contribution in [0.3, 0.4) is 0 Å². The summed E-state index contributed by atoms with van der Waals surface area (Å²) < 4.78 is 18.8. The lowest BCUT2D eigenvalue weighted by atomic mass is 10.1. The lowest BCUT2D eigenvalue weighted by molar-refractivity contribution is -0.385. The summed E-state index contributed by atoms with van der Waals surface area (Å²) in [7, 11) is 13.0. The quantitative estimate of drug-likeness (QED) is 0.178. The van der Waals surface area contributed by atoms with E-state index in [2.05, 4.69) is 9.47 Å². The molecule has 14 nitrogen and oxygen atoms in total. The standard InChI is InChI=1S/C12H14N2O4.C9H9NO4.C5H13NO2.CH4/c1-13(2)8-7-9-10(12(15)18-3)5-4-6-11(9)14(16)17;1-6-7(9(11)14-2)4-3-5-8(6)10(12)13;1-6(2)5(7-3)8-4;/h4-8H,1-3H3;3-5H,1-2H3;5H,1-4H3;1H4/b8-7+;;;. The third-order valence-electron chi connectivity index (χ3n) is 4.96. The fourth-order valence-corrected chi connectivity index (χ4v) is 3.07. The van der Waals surface area contributed by atoms with E-state index in [0.29, 0.717) is 5.56 Å². The van der Waals surface area contributed by atoms with E-state index in [4.69, 9.17) is 9.47 Å². The first-order valence-electron chi connectivity index (χ1n) is 11.5. The highest BCUT2D eigenvalue weighted by atomic mass is 16.7. The van der Waals surface area contributed by atoms with Crippen LogP contribution in [0.2, 0.25) is 0 Å². The van der Waals surface area contributed by atoms with Gasteiger partial charge in [-0.05, 0) is 45.4 Å². The first-order chi connectivity index (χ1) is 18.8. The molecule has 0 aromatic heterocycles. The molecular weight excluding hydrogens is 540 g/mol. The van der Waals surface area contributed by atoms with E-state index < -0.39 is 21.8 Å². The molecule has 0 radical (unpaired) electrons. The molecule has 0 bridgehead atoms. The Labute approximate surface area is 240 Å². The Kier molecular flexibility index (Phi) is 18.5. The van der Waals surface area contributed by atoms with Gasteiger partial charge in [-0.25, -0.2) is 9.59 Å². The molecule has 0 aliphatic heterocycles. The van der Waals surface area contributed by atoms with E-state index in [1.54, 1.807) is 39.4 Å². The van der Waals surface area contributed by atoms with E-state index in [9.17, 15) is 29.8 Å². The van der Waals surface area contributed by atoms with E-state index in [-0.39, 0.29) is 41.9 Å². The average molecular weight is 581 g/mol. The van der Waals surface area contributed by atoms with Gasteiger partial charge in [0.05, 0.1) is 40.8 Å². The van der Waals surface area contributed by atoms with Crippen molar-refractivity contribution in [2.75, 3.05) is 56.6 Å². The van der Waals surface area contributed by atoms with Crippen molar-refractivity contribution in [2.24, 2.45) is 0 Å². The second-order valence-corrected chi connectivity index (χ2v) is 8.21. The molecule has 2 aromatic carbocycles. The molecule has 228 valence electrons. The summed E-state index contributed by atoms with van der Waals surface area (Å²) in [5.41, 5.74) is 0.753. The van der Waals surface area contributed by atoms with Gasteiger partial charge < -0.3 is 23.8 Å². The van der Waals surface area contributed by atoms with E-state index in [0.717, 1.165) is 0 Å². The van der Waals surface area contributed by atoms with Gasteiger partial charge in [0.1, 0.15) is 0 Å². The van der Waals surface area contributed by atoms with Crippen LogP contribution in [-0.2, 0) is 18.9 Å².